The van der Waals surface area contributed by atoms with Crippen molar-refractivity contribution in [3.05, 3.63) is 12.3 Å². The third kappa shape index (κ3) is 1.45. The van der Waals surface area contributed by atoms with Gasteiger partial charge in [0, 0.05) is 18.5 Å². The summed E-state index contributed by atoms with van der Waals surface area (Å²) in [4.78, 5) is 11.4. The minimum Gasteiger partial charge on any atom is -0.383 e. The third-order valence-electron chi connectivity index (χ3n) is 1.66. The van der Waals surface area contributed by atoms with Crippen LogP contribution in [0.15, 0.2) is 12.3 Å². The second-order valence-corrected chi connectivity index (χ2v) is 2.64. The molecule has 66 valence electrons. The average molecular weight is 168 g/mol. The van der Waals surface area contributed by atoms with E-state index in [0.29, 0.717) is 12.4 Å². The van der Waals surface area contributed by atoms with Crippen molar-refractivity contribution in [3.8, 4) is 0 Å². The molecule has 0 aliphatic rings. The lowest BCUT2D eigenvalue weighted by atomic mass is 10.2. The molecule has 0 aliphatic heterocycles. The summed E-state index contributed by atoms with van der Waals surface area (Å²) in [5.41, 5.74) is 10.8. The monoisotopic (exact) mass is 168 g/mol. The first-order chi connectivity index (χ1) is 5.66. The van der Waals surface area contributed by atoms with E-state index in [-0.39, 0.29) is 11.8 Å². The summed E-state index contributed by atoms with van der Waals surface area (Å²) in [5, 5.41) is 3.77. The Balaban J connectivity index is 2.85. The molecule has 0 radical (unpaired) electrons. The molecule has 1 aromatic rings. The number of carbonyl (C=O) groups is 1. The molecular weight excluding hydrogens is 156 g/mol. The molecule has 5 nitrogen and oxygen atoms in total. The standard InChI is InChI=1S/C7H12N4O/c1-5(4-8)7(12)11-6(9)2-3-10-11/h2-3,5H,4,8-9H2,1H3. The minimum atomic E-state index is -0.243. The summed E-state index contributed by atoms with van der Waals surface area (Å²) in [6, 6.07) is 1.57. The summed E-state index contributed by atoms with van der Waals surface area (Å²) in [6.45, 7) is 2.04. The number of hydrogen-bond donors (Lipinski definition) is 2. The molecule has 4 N–H and O–H groups in total. The number of aromatic nitrogens is 2. The maximum absolute atomic E-state index is 11.4. The lowest BCUT2D eigenvalue weighted by molar-refractivity contribution is 0.0836. The minimum absolute atomic E-state index is 0.167. The SMILES string of the molecule is CC(CN)C(=O)n1nccc1N. The molecule has 1 atom stereocenters. The van der Waals surface area contributed by atoms with Gasteiger partial charge in [-0.3, -0.25) is 4.79 Å². The van der Waals surface area contributed by atoms with Crippen molar-refractivity contribution in [1.29, 1.82) is 0 Å². The van der Waals surface area contributed by atoms with Crippen LogP contribution in [0.1, 0.15) is 11.7 Å². The number of nitrogen functional groups attached to an aromatic ring is 1. The molecule has 1 aromatic heterocycles. The summed E-state index contributed by atoms with van der Waals surface area (Å²) >= 11 is 0. The Labute approximate surface area is 70.3 Å². The van der Waals surface area contributed by atoms with E-state index in [1.54, 1.807) is 13.0 Å². The average Bonchev–Trinajstić information content (AvgIpc) is 2.48. The normalized spacial score (nSPS) is 12.8. The van der Waals surface area contributed by atoms with Gasteiger partial charge in [-0.15, -0.1) is 0 Å². The summed E-state index contributed by atoms with van der Waals surface area (Å²) in [5.74, 6) is -0.0625. The van der Waals surface area contributed by atoms with Crippen molar-refractivity contribution in [2.24, 2.45) is 11.7 Å². The molecule has 0 saturated heterocycles. The van der Waals surface area contributed by atoms with Gasteiger partial charge in [-0.25, -0.2) is 0 Å². The van der Waals surface area contributed by atoms with Crippen molar-refractivity contribution in [1.82, 2.24) is 9.78 Å². The first kappa shape index (κ1) is 8.73. The van der Waals surface area contributed by atoms with Crippen molar-refractivity contribution < 1.29 is 4.79 Å². The van der Waals surface area contributed by atoms with Crippen molar-refractivity contribution in [3.63, 3.8) is 0 Å². The Bertz CT molecular complexity index is 281. The molecule has 0 spiro atoms. The predicted molar refractivity (Wildman–Crippen MR) is 45.5 cm³/mol. The molecule has 0 aliphatic carbocycles. The molecule has 0 fully saturated rings. The van der Waals surface area contributed by atoms with E-state index in [0.717, 1.165) is 4.68 Å². The van der Waals surface area contributed by atoms with Crippen LogP contribution in [0.4, 0.5) is 5.82 Å². The molecule has 0 aromatic carbocycles. The van der Waals surface area contributed by atoms with Gasteiger partial charge in [0.15, 0.2) is 0 Å². The van der Waals surface area contributed by atoms with Gasteiger partial charge in [-0.2, -0.15) is 9.78 Å². The highest BCUT2D eigenvalue weighted by Crippen LogP contribution is 2.04. The van der Waals surface area contributed by atoms with Gasteiger partial charge in [0.1, 0.15) is 5.82 Å². The second-order valence-electron chi connectivity index (χ2n) is 2.64. The van der Waals surface area contributed by atoms with E-state index in [9.17, 15) is 4.79 Å². The number of nitrogens with two attached hydrogens (primary N) is 2. The Morgan fingerprint density at radius 2 is 2.50 bits per heavy atom. The van der Waals surface area contributed by atoms with E-state index in [2.05, 4.69) is 5.10 Å². The van der Waals surface area contributed by atoms with Gasteiger partial charge in [0.25, 0.3) is 5.91 Å². The van der Waals surface area contributed by atoms with E-state index < -0.39 is 0 Å². The lowest BCUT2D eigenvalue weighted by Gasteiger charge is -2.07. The largest absolute Gasteiger partial charge is 0.383 e. The number of carbonyl (C=O) groups excluding carboxylic acids is 1. The van der Waals surface area contributed by atoms with Gasteiger partial charge in [0.2, 0.25) is 0 Å². The fourth-order valence-electron chi connectivity index (χ4n) is 0.807. The van der Waals surface area contributed by atoms with Crippen molar-refractivity contribution >= 4 is 11.7 Å². The van der Waals surface area contributed by atoms with E-state index in [1.807, 2.05) is 0 Å². The van der Waals surface area contributed by atoms with E-state index in [4.69, 9.17) is 11.5 Å². The van der Waals surface area contributed by atoms with Gasteiger partial charge < -0.3 is 11.5 Å². The fraction of sp³-hybridized carbons (Fsp3) is 0.429. The molecular formula is C7H12N4O. The molecule has 0 amide bonds. The third-order valence-corrected chi connectivity index (χ3v) is 1.66. The summed E-state index contributed by atoms with van der Waals surface area (Å²) in [7, 11) is 0. The predicted octanol–water partition coefficient (Wildman–Crippen LogP) is -0.300. The molecule has 1 heterocycles. The molecule has 0 saturated carbocycles. The molecule has 1 unspecified atom stereocenters. The summed E-state index contributed by atoms with van der Waals surface area (Å²) < 4.78 is 1.16. The zero-order valence-electron chi connectivity index (χ0n) is 6.90. The first-order valence-corrected chi connectivity index (χ1v) is 3.70. The number of rotatable bonds is 2. The Hall–Kier alpha value is -1.36. The lowest BCUT2D eigenvalue weighted by Crippen LogP contribution is -2.27. The maximum atomic E-state index is 11.4. The number of anilines is 1. The van der Waals surface area contributed by atoms with Crippen LogP contribution >= 0.6 is 0 Å². The zero-order chi connectivity index (χ0) is 9.14. The number of nitrogens with zero attached hydrogens (tertiary/aromatic N) is 2. The topological polar surface area (TPSA) is 86.9 Å². The van der Waals surface area contributed by atoms with E-state index in [1.165, 1.54) is 6.20 Å². The Morgan fingerprint density at radius 1 is 1.83 bits per heavy atom. The van der Waals surface area contributed by atoms with Gasteiger partial charge in [-0.1, -0.05) is 6.92 Å². The highest BCUT2D eigenvalue weighted by molar-refractivity contribution is 5.82. The number of hydrogen-bond acceptors (Lipinski definition) is 4. The van der Waals surface area contributed by atoms with Crippen LogP contribution in [-0.4, -0.2) is 22.2 Å². The van der Waals surface area contributed by atoms with Crippen LogP contribution in [0.5, 0.6) is 0 Å². The van der Waals surface area contributed by atoms with Crippen molar-refractivity contribution in [2.75, 3.05) is 12.3 Å². The maximum Gasteiger partial charge on any atom is 0.252 e. The molecule has 12 heavy (non-hydrogen) atoms. The van der Waals surface area contributed by atoms with Crippen LogP contribution in [0.25, 0.3) is 0 Å². The van der Waals surface area contributed by atoms with Gasteiger partial charge in [-0.05, 0) is 0 Å². The highest BCUT2D eigenvalue weighted by Gasteiger charge is 2.15. The smallest absolute Gasteiger partial charge is 0.252 e. The van der Waals surface area contributed by atoms with Crippen LogP contribution in [0.2, 0.25) is 0 Å². The second kappa shape index (κ2) is 3.36. The van der Waals surface area contributed by atoms with Crippen molar-refractivity contribution in [2.45, 2.75) is 6.92 Å². The van der Waals surface area contributed by atoms with Gasteiger partial charge in [0.05, 0.1) is 6.20 Å². The first-order valence-electron chi connectivity index (χ1n) is 3.70. The fourth-order valence-corrected chi connectivity index (χ4v) is 0.807. The van der Waals surface area contributed by atoms with Crippen LogP contribution in [-0.2, 0) is 0 Å². The van der Waals surface area contributed by atoms with Crippen LogP contribution in [0.3, 0.4) is 0 Å². The zero-order valence-corrected chi connectivity index (χ0v) is 6.90. The van der Waals surface area contributed by atoms with Crippen LogP contribution < -0.4 is 11.5 Å². The van der Waals surface area contributed by atoms with E-state index >= 15 is 0 Å². The Kier molecular flexibility index (Phi) is 2.44. The van der Waals surface area contributed by atoms with Gasteiger partial charge >= 0.3 is 0 Å². The molecule has 0 bridgehead atoms. The summed E-state index contributed by atoms with van der Waals surface area (Å²) in [6.07, 6.45) is 1.48. The molecule has 1 rings (SSSR count). The highest BCUT2D eigenvalue weighted by atomic mass is 16.2. The quantitative estimate of drug-likeness (QED) is 0.634. The molecule has 5 heteroatoms. The van der Waals surface area contributed by atoms with Crippen LogP contribution in [0, 0.1) is 5.92 Å². The Morgan fingerprint density at radius 3 is 2.92 bits per heavy atom.